The Kier molecular flexibility index (Phi) is 6.36. The standard InChI is InChI=1S/C19H20O4/c1-2-9-17(23-19(21)16-12-7-4-8-13-16)14-22-18(20)15-10-5-3-6-11-15/h3-8,10-13,17H,2,9,14H2,1H3. The quantitative estimate of drug-likeness (QED) is 0.728. The second-order valence-electron chi connectivity index (χ2n) is 5.15. The number of carbonyl (C=O) groups is 2. The van der Waals surface area contributed by atoms with Gasteiger partial charge in [-0.05, 0) is 30.7 Å². The molecular weight excluding hydrogens is 292 g/mol. The van der Waals surface area contributed by atoms with Gasteiger partial charge in [0.15, 0.2) is 0 Å². The van der Waals surface area contributed by atoms with Gasteiger partial charge in [0.2, 0.25) is 0 Å². The van der Waals surface area contributed by atoms with Gasteiger partial charge in [-0.2, -0.15) is 0 Å². The molecule has 0 heterocycles. The van der Waals surface area contributed by atoms with Crippen LogP contribution >= 0.6 is 0 Å². The van der Waals surface area contributed by atoms with E-state index in [0.29, 0.717) is 17.5 Å². The highest BCUT2D eigenvalue weighted by Crippen LogP contribution is 2.10. The summed E-state index contributed by atoms with van der Waals surface area (Å²) >= 11 is 0. The van der Waals surface area contributed by atoms with Crippen molar-refractivity contribution in [3.8, 4) is 0 Å². The van der Waals surface area contributed by atoms with Crippen LogP contribution in [0, 0.1) is 0 Å². The van der Waals surface area contributed by atoms with Crippen molar-refractivity contribution in [1.82, 2.24) is 0 Å². The van der Waals surface area contributed by atoms with Crippen LogP contribution in [0.5, 0.6) is 0 Å². The maximum absolute atomic E-state index is 12.1. The first kappa shape index (κ1) is 16.7. The first-order valence-electron chi connectivity index (χ1n) is 7.69. The molecule has 0 N–H and O–H groups in total. The van der Waals surface area contributed by atoms with Crippen molar-refractivity contribution in [3.63, 3.8) is 0 Å². The predicted octanol–water partition coefficient (Wildman–Crippen LogP) is 3.87. The summed E-state index contributed by atoms with van der Waals surface area (Å²) in [4.78, 5) is 24.0. The van der Waals surface area contributed by atoms with Crippen molar-refractivity contribution < 1.29 is 19.1 Å². The molecular formula is C19H20O4. The lowest BCUT2D eigenvalue weighted by Crippen LogP contribution is -2.25. The summed E-state index contributed by atoms with van der Waals surface area (Å²) in [6.07, 6.45) is 1.02. The van der Waals surface area contributed by atoms with Crippen LogP contribution in [0.2, 0.25) is 0 Å². The average molecular weight is 312 g/mol. The third-order valence-electron chi connectivity index (χ3n) is 3.30. The summed E-state index contributed by atoms with van der Waals surface area (Å²) < 4.78 is 10.7. The summed E-state index contributed by atoms with van der Waals surface area (Å²) in [5.41, 5.74) is 0.972. The molecule has 0 radical (unpaired) electrons. The Morgan fingerprint density at radius 2 is 1.39 bits per heavy atom. The zero-order valence-corrected chi connectivity index (χ0v) is 13.1. The van der Waals surface area contributed by atoms with Crippen LogP contribution in [0.3, 0.4) is 0 Å². The van der Waals surface area contributed by atoms with E-state index < -0.39 is 18.0 Å². The lowest BCUT2D eigenvalue weighted by Gasteiger charge is -2.17. The van der Waals surface area contributed by atoms with Gasteiger partial charge in [-0.3, -0.25) is 0 Å². The largest absolute Gasteiger partial charge is 0.458 e. The Bertz CT molecular complexity index is 622. The van der Waals surface area contributed by atoms with E-state index in [-0.39, 0.29) is 6.61 Å². The molecule has 0 aliphatic heterocycles. The van der Waals surface area contributed by atoms with Gasteiger partial charge in [0, 0.05) is 0 Å². The summed E-state index contributed by atoms with van der Waals surface area (Å²) in [7, 11) is 0. The van der Waals surface area contributed by atoms with Gasteiger partial charge in [0.25, 0.3) is 0 Å². The van der Waals surface area contributed by atoms with Crippen LogP contribution in [-0.4, -0.2) is 24.6 Å². The zero-order chi connectivity index (χ0) is 16.5. The number of rotatable bonds is 7. The van der Waals surface area contributed by atoms with Gasteiger partial charge in [-0.15, -0.1) is 0 Å². The molecule has 0 aliphatic carbocycles. The molecule has 2 aromatic rings. The fourth-order valence-electron chi connectivity index (χ4n) is 2.12. The normalized spacial score (nSPS) is 11.5. The van der Waals surface area contributed by atoms with Crippen molar-refractivity contribution in [3.05, 3.63) is 71.8 Å². The van der Waals surface area contributed by atoms with E-state index in [9.17, 15) is 9.59 Å². The van der Waals surface area contributed by atoms with Gasteiger partial charge in [-0.25, -0.2) is 9.59 Å². The van der Waals surface area contributed by atoms with Crippen LogP contribution < -0.4 is 0 Å². The Morgan fingerprint density at radius 3 is 1.91 bits per heavy atom. The van der Waals surface area contributed by atoms with Crippen molar-refractivity contribution in [1.29, 1.82) is 0 Å². The Labute approximate surface area is 136 Å². The van der Waals surface area contributed by atoms with E-state index in [1.54, 1.807) is 48.5 Å². The second-order valence-corrected chi connectivity index (χ2v) is 5.15. The maximum Gasteiger partial charge on any atom is 0.338 e. The van der Waals surface area contributed by atoms with Crippen molar-refractivity contribution in [2.24, 2.45) is 0 Å². The molecule has 0 saturated carbocycles. The van der Waals surface area contributed by atoms with Crippen molar-refractivity contribution >= 4 is 11.9 Å². The number of hydrogen-bond acceptors (Lipinski definition) is 4. The fourth-order valence-corrected chi connectivity index (χ4v) is 2.12. The number of benzene rings is 2. The SMILES string of the molecule is CCCC(COC(=O)c1ccccc1)OC(=O)c1ccccc1. The molecule has 0 aromatic heterocycles. The molecule has 0 spiro atoms. The smallest absolute Gasteiger partial charge is 0.338 e. The maximum atomic E-state index is 12.1. The molecule has 0 fully saturated rings. The molecule has 0 amide bonds. The first-order valence-corrected chi connectivity index (χ1v) is 7.69. The molecule has 23 heavy (non-hydrogen) atoms. The zero-order valence-electron chi connectivity index (χ0n) is 13.1. The molecule has 0 bridgehead atoms. The summed E-state index contributed by atoms with van der Waals surface area (Å²) in [5.74, 6) is -0.817. The highest BCUT2D eigenvalue weighted by Gasteiger charge is 2.18. The van der Waals surface area contributed by atoms with Crippen molar-refractivity contribution in [2.75, 3.05) is 6.61 Å². The van der Waals surface area contributed by atoms with Gasteiger partial charge < -0.3 is 9.47 Å². The molecule has 0 saturated heterocycles. The Morgan fingerprint density at radius 1 is 0.870 bits per heavy atom. The molecule has 4 nitrogen and oxygen atoms in total. The van der Waals surface area contributed by atoms with E-state index >= 15 is 0 Å². The monoisotopic (exact) mass is 312 g/mol. The molecule has 120 valence electrons. The fraction of sp³-hybridized carbons (Fsp3) is 0.263. The minimum Gasteiger partial charge on any atom is -0.458 e. The number of carbonyl (C=O) groups excluding carboxylic acids is 2. The Balaban J connectivity index is 1.91. The van der Waals surface area contributed by atoms with Gasteiger partial charge >= 0.3 is 11.9 Å². The van der Waals surface area contributed by atoms with Gasteiger partial charge in [0.05, 0.1) is 11.1 Å². The van der Waals surface area contributed by atoms with Crippen LogP contribution in [0.25, 0.3) is 0 Å². The molecule has 4 heteroatoms. The van der Waals surface area contributed by atoms with Crippen LogP contribution in [0.1, 0.15) is 40.5 Å². The van der Waals surface area contributed by atoms with E-state index in [4.69, 9.17) is 9.47 Å². The molecule has 0 aliphatic rings. The molecule has 1 unspecified atom stereocenters. The molecule has 1 atom stereocenters. The van der Waals surface area contributed by atoms with Crippen LogP contribution in [-0.2, 0) is 9.47 Å². The lowest BCUT2D eigenvalue weighted by atomic mass is 10.2. The van der Waals surface area contributed by atoms with Crippen molar-refractivity contribution in [2.45, 2.75) is 25.9 Å². The minimum atomic E-state index is -0.444. The Hall–Kier alpha value is -2.62. The first-order chi connectivity index (χ1) is 11.2. The van der Waals surface area contributed by atoms with E-state index in [0.717, 1.165) is 6.42 Å². The van der Waals surface area contributed by atoms with Crippen LogP contribution in [0.15, 0.2) is 60.7 Å². The van der Waals surface area contributed by atoms with Crippen LogP contribution in [0.4, 0.5) is 0 Å². The van der Waals surface area contributed by atoms with Gasteiger partial charge in [-0.1, -0.05) is 49.7 Å². The molecule has 2 rings (SSSR count). The van der Waals surface area contributed by atoms with E-state index in [1.165, 1.54) is 0 Å². The third kappa shape index (κ3) is 5.25. The van der Waals surface area contributed by atoms with E-state index in [1.807, 2.05) is 19.1 Å². The average Bonchev–Trinajstić information content (AvgIpc) is 2.61. The second kappa shape index (κ2) is 8.73. The topological polar surface area (TPSA) is 52.6 Å². The lowest BCUT2D eigenvalue weighted by molar-refractivity contribution is -0.00292. The number of esters is 2. The summed E-state index contributed by atoms with van der Waals surface area (Å²) in [5, 5.41) is 0. The predicted molar refractivity (Wildman–Crippen MR) is 87.3 cm³/mol. The summed E-state index contributed by atoms with van der Waals surface area (Å²) in [6, 6.07) is 17.5. The third-order valence-corrected chi connectivity index (χ3v) is 3.30. The van der Waals surface area contributed by atoms with Gasteiger partial charge in [0.1, 0.15) is 12.7 Å². The number of ether oxygens (including phenoxy) is 2. The summed E-state index contributed by atoms with van der Waals surface area (Å²) in [6.45, 7) is 2.04. The molecule has 2 aromatic carbocycles. The highest BCUT2D eigenvalue weighted by atomic mass is 16.6. The van der Waals surface area contributed by atoms with E-state index in [2.05, 4.69) is 0 Å². The minimum absolute atomic E-state index is 0.0557. The number of hydrogen-bond donors (Lipinski definition) is 0. The highest BCUT2D eigenvalue weighted by molar-refractivity contribution is 5.90.